The van der Waals surface area contributed by atoms with Crippen LogP contribution in [0.5, 0.6) is 0 Å². The highest BCUT2D eigenvalue weighted by atomic mass is 15.3. The molecule has 104 valence electrons. The van der Waals surface area contributed by atoms with E-state index in [4.69, 9.17) is 5.73 Å². The van der Waals surface area contributed by atoms with E-state index in [1.54, 1.807) is 0 Å². The third-order valence-electron chi connectivity index (χ3n) is 4.35. The van der Waals surface area contributed by atoms with Gasteiger partial charge in [-0.25, -0.2) is 0 Å². The number of likely N-dealkylation sites (tertiary alicyclic amines) is 1. The highest BCUT2D eigenvalue weighted by Crippen LogP contribution is 2.21. The van der Waals surface area contributed by atoms with Gasteiger partial charge in [-0.3, -0.25) is 4.99 Å². The lowest BCUT2D eigenvalue weighted by atomic mass is 10.1. The van der Waals surface area contributed by atoms with Crippen LogP contribution in [0.4, 0.5) is 0 Å². The van der Waals surface area contributed by atoms with Gasteiger partial charge < -0.3 is 15.5 Å². The molecule has 1 saturated carbocycles. The Morgan fingerprint density at radius 1 is 1.17 bits per heavy atom. The molecule has 1 aliphatic heterocycles. The molecule has 0 aromatic rings. The van der Waals surface area contributed by atoms with Crippen LogP contribution in [0.1, 0.15) is 44.9 Å². The second-order valence-corrected chi connectivity index (χ2v) is 5.71. The molecular weight excluding hydrogens is 224 g/mol. The zero-order valence-corrected chi connectivity index (χ0v) is 11.8. The summed E-state index contributed by atoms with van der Waals surface area (Å²) < 4.78 is 0. The molecule has 0 aromatic heterocycles. The Kier molecular flexibility index (Phi) is 5.29. The zero-order chi connectivity index (χ0) is 12.8. The average Bonchev–Trinajstić information content (AvgIpc) is 2.93. The second-order valence-electron chi connectivity index (χ2n) is 5.71. The molecule has 0 aromatic carbocycles. The Bertz CT molecular complexity index is 265. The number of hydrogen-bond donors (Lipinski definition) is 1. The monoisotopic (exact) mass is 252 g/mol. The first kappa shape index (κ1) is 13.7. The number of aliphatic imine (C=N–C) groups is 1. The Labute approximate surface area is 111 Å². The molecule has 4 nitrogen and oxygen atoms in total. The van der Waals surface area contributed by atoms with Crippen molar-refractivity contribution < 1.29 is 0 Å². The van der Waals surface area contributed by atoms with Gasteiger partial charge in [0.15, 0.2) is 5.96 Å². The van der Waals surface area contributed by atoms with Crippen LogP contribution in [-0.2, 0) is 0 Å². The summed E-state index contributed by atoms with van der Waals surface area (Å²) in [5.74, 6) is 0.759. The predicted molar refractivity (Wildman–Crippen MR) is 76.8 cm³/mol. The van der Waals surface area contributed by atoms with Crippen LogP contribution in [0.25, 0.3) is 0 Å². The van der Waals surface area contributed by atoms with Gasteiger partial charge in [0.25, 0.3) is 0 Å². The normalized spacial score (nSPS) is 23.0. The fraction of sp³-hybridized carbons (Fsp3) is 0.929. The number of piperidine rings is 1. The molecule has 2 rings (SSSR count). The van der Waals surface area contributed by atoms with Gasteiger partial charge in [0.2, 0.25) is 0 Å². The van der Waals surface area contributed by atoms with Gasteiger partial charge in [-0.1, -0.05) is 12.8 Å². The largest absolute Gasteiger partial charge is 0.370 e. The molecule has 0 amide bonds. The number of nitrogens with zero attached hydrogens (tertiary/aromatic N) is 3. The Morgan fingerprint density at radius 3 is 2.50 bits per heavy atom. The van der Waals surface area contributed by atoms with Crippen LogP contribution < -0.4 is 5.73 Å². The molecule has 1 heterocycles. The number of hydrogen-bond acceptors (Lipinski definition) is 2. The standard InChI is InChI=1S/C14H28N4/c1-17(13-7-3-4-8-13)12-9-16-14(15)18-10-5-2-6-11-18/h13H,2-12H2,1H3,(H2,15,16). The molecule has 4 heteroatoms. The van der Waals surface area contributed by atoms with Gasteiger partial charge >= 0.3 is 0 Å². The van der Waals surface area contributed by atoms with Gasteiger partial charge in [-0.05, 0) is 39.2 Å². The van der Waals surface area contributed by atoms with Crippen molar-refractivity contribution in [2.75, 3.05) is 33.2 Å². The number of rotatable bonds is 4. The van der Waals surface area contributed by atoms with Crippen molar-refractivity contribution in [2.24, 2.45) is 10.7 Å². The van der Waals surface area contributed by atoms with Gasteiger partial charge in [0.1, 0.15) is 0 Å². The molecule has 18 heavy (non-hydrogen) atoms. The third kappa shape index (κ3) is 3.87. The van der Waals surface area contributed by atoms with Crippen molar-refractivity contribution >= 4 is 5.96 Å². The number of guanidine groups is 1. The van der Waals surface area contributed by atoms with Crippen molar-refractivity contribution in [3.8, 4) is 0 Å². The van der Waals surface area contributed by atoms with Gasteiger partial charge in [-0.15, -0.1) is 0 Å². The van der Waals surface area contributed by atoms with E-state index in [0.29, 0.717) is 0 Å². The molecule has 0 unspecified atom stereocenters. The van der Waals surface area contributed by atoms with Crippen molar-refractivity contribution in [3.63, 3.8) is 0 Å². The van der Waals surface area contributed by atoms with E-state index >= 15 is 0 Å². The molecule has 0 radical (unpaired) electrons. The Balaban J connectivity index is 1.68. The lowest BCUT2D eigenvalue weighted by Crippen LogP contribution is -2.41. The van der Waals surface area contributed by atoms with E-state index < -0.39 is 0 Å². The topological polar surface area (TPSA) is 44.9 Å². The lowest BCUT2D eigenvalue weighted by molar-refractivity contribution is 0.252. The van der Waals surface area contributed by atoms with E-state index in [0.717, 1.165) is 38.2 Å². The van der Waals surface area contributed by atoms with Gasteiger partial charge in [0, 0.05) is 25.7 Å². The minimum atomic E-state index is 0.759. The summed E-state index contributed by atoms with van der Waals surface area (Å²) in [5.41, 5.74) is 6.05. The first-order valence-electron chi connectivity index (χ1n) is 7.52. The van der Waals surface area contributed by atoms with E-state index in [2.05, 4.69) is 21.8 Å². The molecule has 1 saturated heterocycles. The summed E-state index contributed by atoms with van der Waals surface area (Å²) in [5, 5.41) is 0. The molecule has 2 N–H and O–H groups in total. The smallest absolute Gasteiger partial charge is 0.191 e. The van der Waals surface area contributed by atoms with Crippen molar-refractivity contribution in [1.29, 1.82) is 0 Å². The summed E-state index contributed by atoms with van der Waals surface area (Å²) in [6.45, 7) is 4.07. The summed E-state index contributed by atoms with van der Waals surface area (Å²) in [6.07, 6.45) is 9.39. The van der Waals surface area contributed by atoms with Crippen molar-refractivity contribution in [2.45, 2.75) is 51.0 Å². The first-order chi connectivity index (χ1) is 8.77. The van der Waals surface area contributed by atoms with Crippen LogP contribution in [0, 0.1) is 0 Å². The van der Waals surface area contributed by atoms with Crippen LogP contribution >= 0.6 is 0 Å². The molecule has 0 bridgehead atoms. The summed E-state index contributed by atoms with van der Waals surface area (Å²) in [7, 11) is 2.22. The maximum atomic E-state index is 6.05. The van der Waals surface area contributed by atoms with Crippen LogP contribution in [0.2, 0.25) is 0 Å². The predicted octanol–water partition coefficient (Wildman–Crippen LogP) is 1.66. The quantitative estimate of drug-likeness (QED) is 0.611. The Morgan fingerprint density at radius 2 is 1.83 bits per heavy atom. The molecule has 1 aliphatic carbocycles. The minimum Gasteiger partial charge on any atom is -0.370 e. The lowest BCUT2D eigenvalue weighted by Gasteiger charge is -2.28. The van der Waals surface area contributed by atoms with Crippen LogP contribution in [-0.4, -0.2) is 55.0 Å². The van der Waals surface area contributed by atoms with Crippen LogP contribution in [0.3, 0.4) is 0 Å². The maximum absolute atomic E-state index is 6.05. The summed E-state index contributed by atoms with van der Waals surface area (Å²) >= 11 is 0. The molecule has 2 fully saturated rings. The molecule has 2 aliphatic rings. The summed E-state index contributed by atoms with van der Waals surface area (Å²) in [6, 6.07) is 0.788. The SMILES string of the molecule is CN(CCN=C(N)N1CCCCC1)C1CCCC1. The van der Waals surface area contributed by atoms with Gasteiger partial charge in [-0.2, -0.15) is 0 Å². The molecular formula is C14H28N4. The molecule has 0 atom stereocenters. The maximum Gasteiger partial charge on any atom is 0.191 e. The second kappa shape index (κ2) is 6.98. The highest BCUT2D eigenvalue weighted by Gasteiger charge is 2.19. The molecule has 0 spiro atoms. The van der Waals surface area contributed by atoms with E-state index in [1.165, 1.54) is 44.9 Å². The number of nitrogens with two attached hydrogens (primary N) is 1. The third-order valence-corrected chi connectivity index (χ3v) is 4.35. The van der Waals surface area contributed by atoms with Gasteiger partial charge in [0.05, 0.1) is 6.54 Å². The summed E-state index contributed by atoms with van der Waals surface area (Å²) in [4.78, 5) is 9.23. The fourth-order valence-corrected chi connectivity index (χ4v) is 3.07. The van der Waals surface area contributed by atoms with Crippen molar-refractivity contribution in [3.05, 3.63) is 0 Å². The first-order valence-corrected chi connectivity index (χ1v) is 7.52. The minimum absolute atomic E-state index is 0.759. The van der Waals surface area contributed by atoms with Crippen LogP contribution in [0.15, 0.2) is 4.99 Å². The number of likely N-dealkylation sites (N-methyl/N-ethyl adjacent to an activating group) is 1. The Hall–Kier alpha value is -0.770. The van der Waals surface area contributed by atoms with E-state index in [9.17, 15) is 0 Å². The van der Waals surface area contributed by atoms with Crippen molar-refractivity contribution in [1.82, 2.24) is 9.80 Å². The fourth-order valence-electron chi connectivity index (χ4n) is 3.07. The zero-order valence-electron chi connectivity index (χ0n) is 11.8. The average molecular weight is 252 g/mol. The highest BCUT2D eigenvalue weighted by molar-refractivity contribution is 5.78. The van der Waals surface area contributed by atoms with E-state index in [1.807, 2.05) is 0 Å². The van der Waals surface area contributed by atoms with E-state index in [-0.39, 0.29) is 0 Å².